The van der Waals surface area contributed by atoms with Gasteiger partial charge in [0.2, 0.25) is 0 Å². The van der Waals surface area contributed by atoms with Crippen molar-refractivity contribution in [2.24, 2.45) is 0 Å². The average molecular weight is 240 g/mol. The van der Waals surface area contributed by atoms with Gasteiger partial charge in [0.05, 0.1) is 6.61 Å². The third kappa shape index (κ3) is 6.14. The van der Waals surface area contributed by atoms with Crippen LogP contribution in [0.2, 0.25) is 5.02 Å². The van der Waals surface area contributed by atoms with Gasteiger partial charge >= 0.3 is 0 Å². The minimum atomic E-state index is 0.790. The molecule has 2 heteroatoms. The minimum absolute atomic E-state index is 0.790. The van der Waals surface area contributed by atoms with Gasteiger partial charge < -0.3 is 4.74 Å². The molecule has 0 saturated carbocycles. The zero-order valence-corrected chi connectivity index (χ0v) is 10.5. The first kappa shape index (κ1) is 13.5. The molecular weight excluding hydrogens is 220 g/mol. The monoisotopic (exact) mass is 239 g/mol. The molecule has 0 N–H and O–H groups in total. The summed E-state index contributed by atoms with van der Waals surface area (Å²) in [5.41, 5.74) is 1.28. The Labute approximate surface area is 104 Å². The second kappa shape index (κ2) is 8.60. The van der Waals surface area contributed by atoms with Crippen molar-refractivity contribution in [3.8, 4) is 0 Å². The number of hydrogen-bond acceptors (Lipinski definition) is 1. The van der Waals surface area contributed by atoms with Crippen molar-refractivity contribution in [2.75, 3.05) is 13.2 Å². The molecule has 0 spiro atoms. The van der Waals surface area contributed by atoms with E-state index in [0.29, 0.717) is 0 Å². The number of halogens is 1. The van der Waals surface area contributed by atoms with E-state index in [0.717, 1.165) is 37.5 Å². The van der Waals surface area contributed by atoms with E-state index in [-0.39, 0.29) is 0 Å². The molecular formula is C14H20ClO. The van der Waals surface area contributed by atoms with Gasteiger partial charge in [-0.05, 0) is 30.5 Å². The van der Waals surface area contributed by atoms with Crippen LogP contribution in [0.4, 0.5) is 0 Å². The van der Waals surface area contributed by atoms with E-state index in [1.165, 1.54) is 18.4 Å². The van der Waals surface area contributed by atoms with Crippen LogP contribution in [-0.4, -0.2) is 13.2 Å². The van der Waals surface area contributed by atoms with Crippen LogP contribution in [0.1, 0.15) is 31.2 Å². The van der Waals surface area contributed by atoms with Crippen LogP contribution in [-0.2, 0) is 11.2 Å². The predicted molar refractivity (Wildman–Crippen MR) is 69.8 cm³/mol. The Morgan fingerprint density at radius 1 is 1.00 bits per heavy atom. The molecule has 0 atom stereocenters. The summed E-state index contributed by atoms with van der Waals surface area (Å²) in [6.07, 6.45) is 5.58. The first-order chi connectivity index (χ1) is 7.83. The van der Waals surface area contributed by atoms with Crippen molar-refractivity contribution in [3.63, 3.8) is 0 Å². The third-order valence-electron chi connectivity index (χ3n) is 2.49. The summed E-state index contributed by atoms with van der Waals surface area (Å²) in [4.78, 5) is 0. The summed E-state index contributed by atoms with van der Waals surface area (Å²) >= 11 is 5.81. The fourth-order valence-corrected chi connectivity index (χ4v) is 1.63. The lowest BCUT2D eigenvalue weighted by Crippen LogP contribution is -2.00. The van der Waals surface area contributed by atoms with E-state index < -0.39 is 0 Å². The Bertz CT molecular complexity index is 269. The lowest BCUT2D eigenvalue weighted by Gasteiger charge is -2.04. The van der Waals surface area contributed by atoms with Crippen LogP contribution < -0.4 is 0 Å². The van der Waals surface area contributed by atoms with Crippen LogP contribution >= 0.6 is 11.6 Å². The third-order valence-corrected chi connectivity index (χ3v) is 2.74. The van der Waals surface area contributed by atoms with Gasteiger partial charge in [0.15, 0.2) is 0 Å². The summed E-state index contributed by atoms with van der Waals surface area (Å²) in [5.74, 6) is 0. The molecule has 1 rings (SSSR count). The van der Waals surface area contributed by atoms with Crippen LogP contribution in [0.25, 0.3) is 0 Å². The van der Waals surface area contributed by atoms with E-state index in [4.69, 9.17) is 16.3 Å². The van der Waals surface area contributed by atoms with Crippen molar-refractivity contribution < 1.29 is 4.74 Å². The maximum Gasteiger partial charge on any atom is 0.0506 e. The van der Waals surface area contributed by atoms with E-state index in [2.05, 4.69) is 19.1 Å². The molecule has 1 nitrogen and oxygen atoms in total. The lowest BCUT2D eigenvalue weighted by atomic mass is 10.2. The molecule has 0 aromatic heterocycles. The molecule has 1 aromatic rings. The highest BCUT2D eigenvalue weighted by Gasteiger charge is 1.94. The van der Waals surface area contributed by atoms with Gasteiger partial charge in [-0.25, -0.2) is 0 Å². The number of unbranched alkanes of at least 4 members (excludes halogenated alkanes) is 3. The number of hydrogen-bond donors (Lipinski definition) is 0. The molecule has 0 saturated heterocycles. The standard InChI is InChI=1S/C14H20ClO/c1-2-3-4-5-11-16-12-10-13-6-8-14(15)9-7-13/h6-9H,1-5,10-12H2. The highest BCUT2D eigenvalue weighted by Crippen LogP contribution is 2.10. The quantitative estimate of drug-likeness (QED) is 0.615. The largest absolute Gasteiger partial charge is 0.381 e. The van der Waals surface area contributed by atoms with E-state index >= 15 is 0 Å². The van der Waals surface area contributed by atoms with E-state index in [9.17, 15) is 0 Å². The molecule has 89 valence electrons. The first-order valence-corrected chi connectivity index (χ1v) is 6.32. The number of benzene rings is 1. The molecule has 0 amide bonds. The molecule has 0 fully saturated rings. The summed E-state index contributed by atoms with van der Waals surface area (Å²) < 4.78 is 5.56. The Morgan fingerprint density at radius 2 is 1.75 bits per heavy atom. The fraction of sp³-hybridized carbons (Fsp3) is 0.500. The summed E-state index contributed by atoms with van der Waals surface area (Å²) in [7, 11) is 0. The van der Waals surface area contributed by atoms with Crippen molar-refractivity contribution in [1.82, 2.24) is 0 Å². The van der Waals surface area contributed by atoms with Crippen LogP contribution in [0.5, 0.6) is 0 Å². The molecule has 0 aliphatic heterocycles. The van der Waals surface area contributed by atoms with Gasteiger partial charge in [-0.2, -0.15) is 0 Å². The van der Waals surface area contributed by atoms with Gasteiger partial charge in [-0.1, -0.05) is 49.9 Å². The Balaban J connectivity index is 2.01. The summed E-state index contributed by atoms with van der Waals surface area (Å²) in [5, 5.41) is 0.790. The molecule has 16 heavy (non-hydrogen) atoms. The van der Waals surface area contributed by atoms with Gasteiger partial charge in [-0.15, -0.1) is 0 Å². The molecule has 0 bridgehead atoms. The average Bonchev–Trinajstić information content (AvgIpc) is 2.30. The number of rotatable bonds is 8. The van der Waals surface area contributed by atoms with Crippen molar-refractivity contribution >= 4 is 11.6 Å². The second-order valence-electron chi connectivity index (χ2n) is 3.90. The van der Waals surface area contributed by atoms with Gasteiger partial charge in [0.1, 0.15) is 0 Å². The molecule has 1 aromatic carbocycles. The van der Waals surface area contributed by atoms with E-state index in [1.807, 2.05) is 12.1 Å². The zero-order chi connectivity index (χ0) is 11.6. The normalized spacial score (nSPS) is 10.6. The number of ether oxygens (including phenoxy) is 1. The lowest BCUT2D eigenvalue weighted by molar-refractivity contribution is 0.133. The second-order valence-corrected chi connectivity index (χ2v) is 4.34. The molecule has 1 radical (unpaired) electrons. The fourth-order valence-electron chi connectivity index (χ4n) is 1.50. The van der Waals surface area contributed by atoms with Crippen molar-refractivity contribution in [2.45, 2.75) is 32.1 Å². The predicted octanol–water partition coefficient (Wildman–Crippen LogP) is 4.29. The molecule has 0 heterocycles. The van der Waals surface area contributed by atoms with Crippen LogP contribution in [0.15, 0.2) is 24.3 Å². The first-order valence-electron chi connectivity index (χ1n) is 5.94. The van der Waals surface area contributed by atoms with Crippen molar-refractivity contribution in [1.29, 1.82) is 0 Å². The van der Waals surface area contributed by atoms with Gasteiger partial charge in [-0.3, -0.25) is 0 Å². The van der Waals surface area contributed by atoms with Crippen LogP contribution in [0, 0.1) is 6.92 Å². The minimum Gasteiger partial charge on any atom is -0.381 e. The smallest absolute Gasteiger partial charge is 0.0506 e. The zero-order valence-electron chi connectivity index (χ0n) is 9.75. The highest BCUT2D eigenvalue weighted by molar-refractivity contribution is 6.30. The SMILES string of the molecule is [CH2]CCCCCOCCc1ccc(Cl)cc1. The Kier molecular flexibility index (Phi) is 7.28. The Morgan fingerprint density at radius 3 is 2.44 bits per heavy atom. The molecule has 0 aliphatic carbocycles. The maximum absolute atomic E-state index is 5.81. The summed E-state index contributed by atoms with van der Waals surface area (Å²) in [6.45, 7) is 5.48. The van der Waals surface area contributed by atoms with Crippen molar-refractivity contribution in [3.05, 3.63) is 41.8 Å². The molecule has 0 aliphatic rings. The highest BCUT2D eigenvalue weighted by atomic mass is 35.5. The topological polar surface area (TPSA) is 9.23 Å². The Hall–Kier alpha value is -0.530. The van der Waals surface area contributed by atoms with E-state index in [1.54, 1.807) is 0 Å². The van der Waals surface area contributed by atoms with Gasteiger partial charge in [0.25, 0.3) is 0 Å². The summed E-state index contributed by atoms with van der Waals surface area (Å²) in [6, 6.07) is 7.94. The maximum atomic E-state index is 5.81. The van der Waals surface area contributed by atoms with Crippen LogP contribution in [0.3, 0.4) is 0 Å². The van der Waals surface area contributed by atoms with Gasteiger partial charge in [0, 0.05) is 11.6 Å². The molecule has 0 unspecified atom stereocenters.